The van der Waals surface area contributed by atoms with Crippen LogP contribution in [0.2, 0.25) is 0 Å². The largest absolute Gasteiger partial charge is 0.444 e. The zero-order valence-electron chi connectivity index (χ0n) is 15.7. The third kappa shape index (κ3) is 2.89. The predicted molar refractivity (Wildman–Crippen MR) is 110 cm³/mol. The molecule has 2 aromatic carbocycles. The van der Waals surface area contributed by atoms with E-state index in [1.54, 1.807) is 18.6 Å². The van der Waals surface area contributed by atoms with Crippen molar-refractivity contribution < 1.29 is 4.42 Å². The number of nitrogens with one attached hydrogen (secondary N) is 1. The van der Waals surface area contributed by atoms with Crippen LogP contribution in [-0.2, 0) is 13.6 Å². The van der Waals surface area contributed by atoms with Gasteiger partial charge in [-0.15, -0.1) is 0 Å². The zero-order chi connectivity index (χ0) is 19.1. The van der Waals surface area contributed by atoms with Crippen molar-refractivity contribution in [2.45, 2.75) is 13.5 Å². The first kappa shape index (κ1) is 16.5. The lowest BCUT2D eigenvalue weighted by Crippen LogP contribution is -1.99. The van der Waals surface area contributed by atoms with Crippen molar-refractivity contribution in [1.82, 2.24) is 19.5 Å². The summed E-state index contributed by atoms with van der Waals surface area (Å²) in [6.07, 6.45) is 7.27. The summed E-state index contributed by atoms with van der Waals surface area (Å²) in [7, 11) is 2.06. The highest BCUT2D eigenvalue weighted by Crippen LogP contribution is 2.32. The van der Waals surface area contributed by atoms with Gasteiger partial charge in [0.25, 0.3) is 0 Å². The van der Waals surface area contributed by atoms with E-state index in [1.165, 1.54) is 10.9 Å². The molecule has 0 aliphatic carbocycles. The number of benzene rings is 2. The Balaban J connectivity index is 1.60. The smallest absolute Gasteiger partial charge is 0.191 e. The molecule has 0 unspecified atom stereocenters. The minimum Gasteiger partial charge on any atom is -0.444 e. The lowest BCUT2D eigenvalue weighted by atomic mass is 10.0. The van der Waals surface area contributed by atoms with E-state index in [0.29, 0.717) is 12.4 Å². The Morgan fingerprint density at radius 2 is 1.93 bits per heavy atom. The van der Waals surface area contributed by atoms with E-state index in [2.05, 4.69) is 68.4 Å². The van der Waals surface area contributed by atoms with Gasteiger partial charge in [0.05, 0.1) is 23.8 Å². The van der Waals surface area contributed by atoms with Gasteiger partial charge in [0.2, 0.25) is 0 Å². The molecule has 5 rings (SSSR count). The fourth-order valence-electron chi connectivity index (χ4n) is 3.50. The quantitative estimate of drug-likeness (QED) is 0.497. The van der Waals surface area contributed by atoms with E-state index in [0.717, 1.165) is 33.6 Å². The van der Waals surface area contributed by atoms with Gasteiger partial charge >= 0.3 is 0 Å². The molecule has 0 amide bonds. The molecule has 0 atom stereocenters. The van der Waals surface area contributed by atoms with E-state index < -0.39 is 0 Å². The molecule has 138 valence electrons. The monoisotopic (exact) mass is 369 g/mol. The second-order valence-electron chi connectivity index (χ2n) is 6.85. The topological polar surface area (TPSA) is 68.8 Å². The van der Waals surface area contributed by atoms with Gasteiger partial charge in [-0.3, -0.25) is 9.97 Å². The second kappa shape index (κ2) is 6.49. The Morgan fingerprint density at radius 3 is 2.79 bits per heavy atom. The van der Waals surface area contributed by atoms with E-state index in [4.69, 9.17) is 4.42 Å². The molecule has 3 heterocycles. The average molecular weight is 369 g/mol. The van der Waals surface area contributed by atoms with Crippen LogP contribution >= 0.6 is 0 Å². The highest BCUT2D eigenvalue weighted by Gasteiger charge is 2.11. The molecule has 5 aromatic rings. The van der Waals surface area contributed by atoms with Crippen LogP contribution in [0, 0.1) is 6.92 Å². The van der Waals surface area contributed by atoms with Crippen molar-refractivity contribution in [2.75, 3.05) is 5.32 Å². The Kier molecular flexibility index (Phi) is 3.83. The van der Waals surface area contributed by atoms with Gasteiger partial charge in [0, 0.05) is 49.3 Å². The van der Waals surface area contributed by atoms with Crippen LogP contribution in [0.1, 0.15) is 11.7 Å². The number of hydrogen-bond acceptors (Lipinski definition) is 5. The molecule has 0 fully saturated rings. The molecule has 6 heteroatoms. The summed E-state index contributed by atoms with van der Waals surface area (Å²) in [5.41, 5.74) is 6.04. The summed E-state index contributed by atoms with van der Waals surface area (Å²) in [5.74, 6) is 1.46. The number of rotatable bonds is 4. The molecule has 3 aromatic heterocycles. The van der Waals surface area contributed by atoms with Gasteiger partial charge in [-0.2, -0.15) is 0 Å². The number of fused-ring (bicyclic) bond motifs is 2. The lowest BCUT2D eigenvalue weighted by molar-refractivity contribution is 0.481. The average Bonchev–Trinajstić information content (AvgIpc) is 3.31. The van der Waals surface area contributed by atoms with Crippen LogP contribution < -0.4 is 5.32 Å². The van der Waals surface area contributed by atoms with Crippen molar-refractivity contribution in [1.29, 1.82) is 0 Å². The van der Waals surface area contributed by atoms with Crippen LogP contribution in [0.4, 0.5) is 5.69 Å². The Morgan fingerprint density at radius 1 is 1.04 bits per heavy atom. The summed E-state index contributed by atoms with van der Waals surface area (Å²) in [6.45, 7) is 2.40. The van der Waals surface area contributed by atoms with E-state index in [1.807, 2.05) is 13.0 Å². The molecule has 0 spiro atoms. The highest BCUT2D eigenvalue weighted by molar-refractivity contribution is 5.97. The Labute approximate surface area is 161 Å². The van der Waals surface area contributed by atoms with E-state index in [-0.39, 0.29) is 0 Å². The first-order valence-electron chi connectivity index (χ1n) is 9.13. The third-order valence-electron chi connectivity index (χ3n) is 4.91. The molecule has 0 aliphatic rings. The highest BCUT2D eigenvalue weighted by atomic mass is 16.4. The van der Waals surface area contributed by atoms with Crippen molar-refractivity contribution in [3.8, 4) is 11.1 Å². The SMILES string of the molecule is Cc1ncc(CNc2cc(-c3ccc4ccn(C)c4c3)c3nccnc3c2)o1. The van der Waals surface area contributed by atoms with Crippen LogP contribution in [0.25, 0.3) is 33.1 Å². The summed E-state index contributed by atoms with van der Waals surface area (Å²) in [5, 5.41) is 4.63. The van der Waals surface area contributed by atoms with Crippen molar-refractivity contribution in [2.24, 2.45) is 7.05 Å². The van der Waals surface area contributed by atoms with Crippen LogP contribution in [0.3, 0.4) is 0 Å². The minimum atomic E-state index is 0.558. The molecule has 0 bridgehead atoms. The molecule has 28 heavy (non-hydrogen) atoms. The fraction of sp³-hybridized carbons (Fsp3) is 0.136. The first-order chi connectivity index (χ1) is 13.7. The van der Waals surface area contributed by atoms with Crippen molar-refractivity contribution >= 4 is 27.6 Å². The van der Waals surface area contributed by atoms with Gasteiger partial charge < -0.3 is 14.3 Å². The van der Waals surface area contributed by atoms with Gasteiger partial charge in [-0.1, -0.05) is 12.1 Å². The summed E-state index contributed by atoms with van der Waals surface area (Å²) in [6, 6.07) is 12.7. The van der Waals surface area contributed by atoms with Crippen LogP contribution in [-0.4, -0.2) is 19.5 Å². The number of aryl methyl sites for hydroxylation is 2. The molecular weight excluding hydrogens is 350 g/mol. The summed E-state index contributed by atoms with van der Waals surface area (Å²) < 4.78 is 7.68. The molecule has 0 aliphatic heterocycles. The molecular formula is C22H19N5O. The van der Waals surface area contributed by atoms with E-state index >= 15 is 0 Å². The summed E-state index contributed by atoms with van der Waals surface area (Å²) in [4.78, 5) is 13.2. The lowest BCUT2D eigenvalue weighted by Gasteiger charge is -2.11. The number of hydrogen-bond donors (Lipinski definition) is 1. The van der Waals surface area contributed by atoms with Crippen LogP contribution in [0.5, 0.6) is 0 Å². The number of anilines is 1. The summed E-state index contributed by atoms with van der Waals surface area (Å²) >= 11 is 0. The third-order valence-corrected chi connectivity index (χ3v) is 4.91. The van der Waals surface area contributed by atoms with Crippen molar-refractivity contribution in [3.05, 3.63) is 72.8 Å². The maximum atomic E-state index is 5.56. The number of aromatic nitrogens is 4. The normalized spacial score (nSPS) is 11.4. The fourth-order valence-corrected chi connectivity index (χ4v) is 3.50. The minimum absolute atomic E-state index is 0.558. The molecule has 0 saturated heterocycles. The second-order valence-corrected chi connectivity index (χ2v) is 6.85. The molecule has 1 N–H and O–H groups in total. The molecule has 0 saturated carbocycles. The maximum Gasteiger partial charge on any atom is 0.191 e. The molecule has 6 nitrogen and oxygen atoms in total. The van der Waals surface area contributed by atoms with Crippen LogP contribution in [0.15, 0.2) is 65.6 Å². The predicted octanol–water partition coefficient (Wildman–Crippen LogP) is 4.70. The molecule has 0 radical (unpaired) electrons. The first-order valence-corrected chi connectivity index (χ1v) is 9.13. The van der Waals surface area contributed by atoms with Gasteiger partial charge in [-0.25, -0.2) is 4.98 Å². The number of nitrogens with zero attached hydrogens (tertiary/aromatic N) is 4. The Hall–Kier alpha value is -3.67. The van der Waals surface area contributed by atoms with E-state index in [9.17, 15) is 0 Å². The Bertz CT molecular complexity index is 1300. The zero-order valence-corrected chi connectivity index (χ0v) is 15.7. The van der Waals surface area contributed by atoms with Gasteiger partial charge in [-0.05, 0) is 35.2 Å². The number of oxazole rings is 1. The maximum absolute atomic E-state index is 5.56. The van der Waals surface area contributed by atoms with Gasteiger partial charge in [0.1, 0.15) is 5.76 Å². The van der Waals surface area contributed by atoms with Gasteiger partial charge in [0.15, 0.2) is 5.89 Å². The standard InChI is InChI=1S/C22H19N5O/c1-14-25-12-18(28-14)13-26-17-10-19(22-20(11-17)23-6-7-24-22)16-4-3-15-5-8-27(2)21(15)9-16/h3-12,26H,13H2,1-2H3. The van der Waals surface area contributed by atoms with Crippen molar-refractivity contribution in [3.63, 3.8) is 0 Å².